The third kappa shape index (κ3) is 3.09. The molecule has 1 saturated heterocycles. The topological polar surface area (TPSA) is 79.9 Å². The van der Waals surface area contributed by atoms with Crippen molar-refractivity contribution in [3.63, 3.8) is 0 Å². The number of aliphatic hydroxyl groups is 1. The number of rotatable bonds is 3. The fraction of sp³-hybridized carbons (Fsp3) is 0.909. The normalized spacial score (nSPS) is 32.2. The van der Waals surface area contributed by atoms with Crippen molar-refractivity contribution in [2.75, 3.05) is 19.8 Å². The summed E-state index contributed by atoms with van der Waals surface area (Å²) in [6.07, 6.45) is 5.52. The molecule has 0 amide bonds. The predicted octanol–water partition coefficient (Wildman–Crippen LogP) is -0.0153. The molecule has 0 spiro atoms. The molecule has 5 nitrogen and oxygen atoms in total. The molecular formula is C11H21N3O2. The SMILES string of the molecule is NC(=NCC1(O)CCOC1)NC1CCCC1. The molecule has 1 heterocycles. The highest BCUT2D eigenvalue weighted by atomic mass is 16.5. The summed E-state index contributed by atoms with van der Waals surface area (Å²) in [4.78, 5) is 4.19. The first-order chi connectivity index (χ1) is 7.68. The Labute approximate surface area is 96.1 Å². The van der Waals surface area contributed by atoms with Crippen LogP contribution in [0.1, 0.15) is 32.1 Å². The minimum Gasteiger partial charge on any atom is -0.385 e. The maximum absolute atomic E-state index is 9.99. The van der Waals surface area contributed by atoms with Crippen LogP contribution in [0.4, 0.5) is 0 Å². The summed E-state index contributed by atoms with van der Waals surface area (Å²) in [5.74, 6) is 0.451. The Morgan fingerprint density at radius 2 is 2.25 bits per heavy atom. The van der Waals surface area contributed by atoms with Crippen LogP contribution in [0.5, 0.6) is 0 Å². The van der Waals surface area contributed by atoms with Gasteiger partial charge >= 0.3 is 0 Å². The molecule has 1 atom stereocenters. The number of guanidine groups is 1. The summed E-state index contributed by atoms with van der Waals surface area (Å²) in [5.41, 5.74) is 4.97. The van der Waals surface area contributed by atoms with Gasteiger partial charge in [0.15, 0.2) is 5.96 Å². The largest absolute Gasteiger partial charge is 0.385 e. The van der Waals surface area contributed by atoms with Crippen molar-refractivity contribution in [1.29, 1.82) is 0 Å². The average molecular weight is 227 g/mol. The zero-order valence-corrected chi connectivity index (χ0v) is 9.61. The molecule has 0 aromatic rings. The Morgan fingerprint density at radius 3 is 2.88 bits per heavy atom. The first-order valence-electron chi connectivity index (χ1n) is 6.05. The number of nitrogens with zero attached hydrogens (tertiary/aromatic N) is 1. The molecular weight excluding hydrogens is 206 g/mol. The van der Waals surface area contributed by atoms with Crippen LogP contribution in [0.2, 0.25) is 0 Å². The van der Waals surface area contributed by atoms with Gasteiger partial charge in [0.25, 0.3) is 0 Å². The van der Waals surface area contributed by atoms with Crippen LogP contribution in [0, 0.1) is 0 Å². The summed E-state index contributed by atoms with van der Waals surface area (Å²) in [6.45, 7) is 1.31. The van der Waals surface area contributed by atoms with Gasteiger partial charge in [0.2, 0.25) is 0 Å². The van der Waals surface area contributed by atoms with Crippen LogP contribution in [-0.2, 0) is 4.74 Å². The standard InChI is InChI=1S/C11H21N3O2/c12-10(14-9-3-1-2-4-9)13-7-11(15)5-6-16-8-11/h9,15H,1-8H2,(H3,12,13,14). The van der Waals surface area contributed by atoms with Gasteiger partial charge in [-0.1, -0.05) is 12.8 Å². The Bertz CT molecular complexity index is 256. The molecule has 0 bridgehead atoms. The Morgan fingerprint density at radius 1 is 1.50 bits per heavy atom. The molecule has 0 aromatic heterocycles. The van der Waals surface area contributed by atoms with Gasteiger partial charge in [-0.15, -0.1) is 0 Å². The molecule has 1 aliphatic heterocycles. The first-order valence-corrected chi connectivity index (χ1v) is 6.05. The molecule has 5 heteroatoms. The van der Waals surface area contributed by atoms with Crippen LogP contribution in [0.15, 0.2) is 4.99 Å². The lowest BCUT2D eigenvalue weighted by Gasteiger charge is -2.18. The molecule has 16 heavy (non-hydrogen) atoms. The molecule has 0 aromatic carbocycles. The van der Waals surface area contributed by atoms with E-state index in [0.717, 1.165) is 0 Å². The molecule has 2 rings (SSSR count). The van der Waals surface area contributed by atoms with Crippen molar-refractivity contribution in [2.24, 2.45) is 10.7 Å². The molecule has 1 saturated carbocycles. The van der Waals surface area contributed by atoms with Gasteiger partial charge in [-0.25, -0.2) is 0 Å². The third-order valence-corrected chi connectivity index (χ3v) is 3.33. The second-order valence-corrected chi connectivity index (χ2v) is 4.85. The van der Waals surface area contributed by atoms with E-state index in [1.54, 1.807) is 0 Å². The highest BCUT2D eigenvalue weighted by Gasteiger charge is 2.32. The van der Waals surface area contributed by atoms with Gasteiger partial charge < -0.3 is 20.9 Å². The van der Waals surface area contributed by atoms with Gasteiger partial charge in [-0.2, -0.15) is 0 Å². The molecule has 92 valence electrons. The number of nitrogens with one attached hydrogen (secondary N) is 1. The molecule has 1 aliphatic carbocycles. The van der Waals surface area contributed by atoms with Crippen LogP contribution >= 0.6 is 0 Å². The quantitative estimate of drug-likeness (QED) is 0.468. The minimum atomic E-state index is -0.804. The second kappa shape index (κ2) is 5.01. The van der Waals surface area contributed by atoms with E-state index in [1.807, 2.05) is 0 Å². The minimum absolute atomic E-state index is 0.332. The van der Waals surface area contributed by atoms with Crippen molar-refractivity contribution in [3.8, 4) is 0 Å². The predicted molar refractivity (Wildman–Crippen MR) is 62.3 cm³/mol. The van der Waals surface area contributed by atoms with E-state index in [4.69, 9.17) is 10.5 Å². The molecule has 1 unspecified atom stereocenters. The Balaban J connectivity index is 1.77. The van der Waals surface area contributed by atoms with E-state index >= 15 is 0 Å². The Kier molecular flexibility index (Phi) is 3.66. The summed E-state index contributed by atoms with van der Waals surface area (Å²) in [6, 6.07) is 0.471. The highest BCUT2D eigenvalue weighted by Crippen LogP contribution is 2.19. The second-order valence-electron chi connectivity index (χ2n) is 4.85. The summed E-state index contributed by atoms with van der Waals surface area (Å²) in [5, 5.41) is 13.2. The van der Waals surface area contributed by atoms with Crippen LogP contribution in [0.3, 0.4) is 0 Å². The monoisotopic (exact) mass is 227 g/mol. The number of aliphatic imine (C=N–C) groups is 1. The molecule has 2 aliphatic rings. The van der Waals surface area contributed by atoms with Crippen molar-refractivity contribution >= 4 is 5.96 Å². The van der Waals surface area contributed by atoms with Gasteiger partial charge in [-0.3, -0.25) is 4.99 Å². The van der Waals surface area contributed by atoms with E-state index in [-0.39, 0.29) is 0 Å². The fourth-order valence-electron chi connectivity index (χ4n) is 2.28. The molecule has 4 N–H and O–H groups in total. The third-order valence-electron chi connectivity index (χ3n) is 3.33. The Hall–Kier alpha value is -0.810. The van der Waals surface area contributed by atoms with Crippen molar-refractivity contribution in [2.45, 2.75) is 43.7 Å². The van der Waals surface area contributed by atoms with Crippen LogP contribution in [0.25, 0.3) is 0 Å². The summed E-state index contributed by atoms with van der Waals surface area (Å²) in [7, 11) is 0. The van der Waals surface area contributed by atoms with E-state index in [1.165, 1.54) is 25.7 Å². The van der Waals surface area contributed by atoms with E-state index in [9.17, 15) is 5.11 Å². The highest BCUT2D eigenvalue weighted by molar-refractivity contribution is 5.78. The lowest BCUT2D eigenvalue weighted by Crippen LogP contribution is -2.41. The molecule has 2 fully saturated rings. The summed E-state index contributed by atoms with van der Waals surface area (Å²) < 4.78 is 5.15. The number of ether oxygens (including phenoxy) is 1. The van der Waals surface area contributed by atoms with Crippen molar-refractivity contribution in [1.82, 2.24) is 5.32 Å². The maximum atomic E-state index is 9.99. The average Bonchev–Trinajstić information content (AvgIpc) is 2.88. The number of nitrogens with two attached hydrogens (primary N) is 1. The maximum Gasteiger partial charge on any atom is 0.188 e. The van der Waals surface area contributed by atoms with E-state index in [0.29, 0.717) is 38.2 Å². The zero-order valence-electron chi connectivity index (χ0n) is 9.61. The van der Waals surface area contributed by atoms with Crippen LogP contribution in [-0.4, -0.2) is 42.5 Å². The summed E-state index contributed by atoms with van der Waals surface area (Å²) >= 11 is 0. The van der Waals surface area contributed by atoms with E-state index < -0.39 is 5.60 Å². The molecule has 0 radical (unpaired) electrons. The van der Waals surface area contributed by atoms with Gasteiger partial charge in [0.05, 0.1) is 13.2 Å². The first kappa shape index (κ1) is 11.7. The zero-order chi connectivity index (χ0) is 11.4. The number of hydrogen-bond donors (Lipinski definition) is 3. The van der Waals surface area contributed by atoms with Crippen LogP contribution < -0.4 is 11.1 Å². The van der Waals surface area contributed by atoms with E-state index in [2.05, 4.69) is 10.3 Å². The van der Waals surface area contributed by atoms with Crippen molar-refractivity contribution in [3.05, 3.63) is 0 Å². The van der Waals surface area contributed by atoms with Crippen molar-refractivity contribution < 1.29 is 9.84 Å². The lowest BCUT2D eigenvalue weighted by molar-refractivity contribution is 0.0349. The number of hydrogen-bond acceptors (Lipinski definition) is 3. The lowest BCUT2D eigenvalue weighted by atomic mass is 10.0. The fourth-order valence-corrected chi connectivity index (χ4v) is 2.28. The van der Waals surface area contributed by atoms with Gasteiger partial charge in [0, 0.05) is 19.1 Å². The smallest absolute Gasteiger partial charge is 0.188 e. The van der Waals surface area contributed by atoms with Gasteiger partial charge in [0.1, 0.15) is 5.60 Å². The van der Waals surface area contributed by atoms with Gasteiger partial charge in [-0.05, 0) is 12.8 Å².